The molecule has 3 atom stereocenters. The summed E-state index contributed by atoms with van der Waals surface area (Å²) in [5.74, 6) is 0.312. The first-order valence-electron chi connectivity index (χ1n) is 11.0. The minimum absolute atomic E-state index is 0.189. The number of benzene rings is 2. The van der Waals surface area contributed by atoms with Gasteiger partial charge in [0.2, 0.25) is 0 Å². The van der Waals surface area contributed by atoms with Gasteiger partial charge in [0.15, 0.2) is 5.78 Å². The summed E-state index contributed by atoms with van der Waals surface area (Å²) in [4.78, 5) is 15.1. The van der Waals surface area contributed by atoms with E-state index in [0.29, 0.717) is 18.2 Å². The van der Waals surface area contributed by atoms with Gasteiger partial charge in [-0.2, -0.15) is 0 Å². The second-order valence-electron chi connectivity index (χ2n) is 8.30. The van der Waals surface area contributed by atoms with E-state index in [1.807, 2.05) is 48.5 Å². The Hall–Kier alpha value is -2.39. The van der Waals surface area contributed by atoms with Crippen LogP contribution >= 0.6 is 0 Å². The van der Waals surface area contributed by atoms with Crippen LogP contribution in [0.4, 0.5) is 0 Å². The predicted molar refractivity (Wildman–Crippen MR) is 116 cm³/mol. The third-order valence-electron chi connectivity index (χ3n) is 6.44. The van der Waals surface area contributed by atoms with Crippen molar-refractivity contribution in [1.82, 2.24) is 4.90 Å². The van der Waals surface area contributed by atoms with Crippen molar-refractivity contribution in [3.63, 3.8) is 0 Å². The molecule has 29 heavy (non-hydrogen) atoms. The van der Waals surface area contributed by atoms with Gasteiger partial charge < -0.3 is 10.0 Å². The Morgan fingerprint density at radius 1 is 0.966 bits per heavy atom. The van der Waals surface area contributed by atoms with Crippen molar-refractivity contribution in [2.24, 2.45) is 0 Å². The quantitative estimate of drug-likeness (QED) is 0.685. The zero-order valence-electron chi connectivity index (χ0n) is 17.3. The minimum Gasteiger partial charge on any atom is -0.386 e. The first-order valence-corrected chi connectivity index (χ1v) is 11.0. The number of carbonyl (C=O) groups is 1. The minimum atomic E-state index is -0.651. The fourth-order valence-electron chi connectivity index (χ4n) is 5.11. The van der Waals surface area contributed by atoms with Crippen molar-refractivity contribution < 1.29 is 9.90 Å². The van der Waals surface area contributed by atoms with E-state index in [1.54, 1.807) is 0 Å². The molecule has 0 spiro atoms. The van der Waals surface area contributed by atoms with E-state index in [-0.39, 0.29) is 6.04 Å². The SMILES string of the molecule is CCC[C@H]1CCC2=C(CCCC2=O)N1[C@@H](c1ccccc1)[C@H](O)c1ccccc1. The molecule has 0 aromatic heterocycles. The van der Waals surface area contributed by atoms with Gasteiger partial charge in [-0.05, 0) is 43.2 Å². The molecule has 0 fully saturated rings. The third kappa shape index (κ3) is 4.02. The lowest BCUT2D eigenvalue weighted by Crippen LogP contribution is -2.44. The Morgan fingerprint density at radius 3 is 2.28 bits per heavy atom. The second kappa shape index (κ2) is 8.96. The van der Waals surface area contributed by atoms with Crippen LogP contribution in [0.3, 0.4) is 0 Å². The van der Waals surface area contributed by atoms with Crippen molar-refractivity contribution in [2.75, 3.05) is 0 Å². The van der Waals surface area contributed by atoms with Crippen LogP contribution in [0, 0.1) is 0 Å². The number of aliphatic hydroxyl groups is 1. The largest absolute Gasteiger partial charge is 0.386 e. The summed E-state index contributed by atoms with van der Waals surface area (Å²) in [7, 11) is 0. The Labute approximate surface area is 174 Å². The number of Topliss-reactive ketones (excluding diaryl/α,β-unsaturated/α-hetero) is 1. The smallest absolute Gasteiger partial charge is 0.160 e. The maximum Gasteiger partial charge on any atom is 0.160 e. The van der Waals surface area contributed by atoms with Crippen LogP contribution in [0.25, 0.3) is 0 Å². The summed E-state index contributed by atoms with van der Waals surface area (Å²) in [5, 5.41) is 11.6. The van der Waals surface area contributed by atoms with Crippen molar-refractivity contribution in [1.29, 1.82) is 0 Å². The number of allylic oxidation sites excluding steroid dienone is 2. The molecule has 1 aliphatic carbocycles. The number of ketones is 1. The lowest BCUT2D eigenvalue weighted by atomic mass is 9.81. The van der Waals surface area contributed by atoms with Crippen LogP contribution in [0.15, 0.2) is 71.9 Å². The molecule has 0 saturated carbocycles. The fraction of sp³-hybridized carbons (Fsp3) is 0.423. The van der Waals surface area contributed by atoms with Gasteiger partial charge in [0.25, 0.3) is 0 Å². The third-order valence-corrected chi connectivity index (χ3v) is 6.44. The lowest BCUT2D eigenvalue weighted by Gasteiger charge is -2.48. The molecule has 0 bridgehead atoms. The lowest BCUT2D eigenvalue weighted by molar-refractivity contribution is -0.117. The van der Waals surface area contributed by atoms with Gasteiger partial charge in [-0.15, -0.1) is 0 Å². The van der Waals surface area contributed by atoms with E-state index < -0.39 is 6.10 Å². The van der Waals surface area contributed by atoms with Gasteiger partial charge in [-0.25, -0.2) is 0 Å². The number of nitrogens with zero attached hydrogens (tertiary/aromatic N) is 1. The summed E-state index contributed by atoms with van der Waals surface area (Å²) in [6, 6.07) is 20.4. The van der Waals surface area contributed by atoms with Crippen molar-refractivity contribution in [3.05, 3.63) is 83.1 Å². The van der Waals surface area contributed by atoms with E-state index in [2.05, 4.69) is 24.0 Å². The number of carbonyl (C=O) groups excluding carboxylic acids is 1. The molecule has 1 aliphatic heterocycles. The predicted octanol–water partition coefficient (Wildman–Crippen LogP) is 5.73. The molecule has 0 radical (unpaired) electrons. The average Bonchev–Trinajstić information content (AvgIpc) is 2.77. The second-order valence-corrected chi connectivity index (χ2v) is 8.30. The first-order chi connectivity index (χ1) is 14.2. The van der Waals surface area contributed by atoms with E-state index in [0.717, 1.165) is 55.2 Å². The van der Waals surface area contributed by atoms with Crippen LogP contribution in [-0.4, -0.2) is 21.8 Å². The zero-order chi connectivity index (χ0) is 20.2. The molecule has 3 nitrogen and oxygen atoms in total. The number of rotatable bonds is 6. The van der Waals surface area contributed by atoms with Gasteiger partial charge in [0.1, 0.15) is 6.10 Å². The molecule has 2 aromatic rings. The van der Waals surface area contributed by atoms with Gasteiger partial charge in [-0.3, -0.25) is 4.79 Å². The molecular weight excluding hydrogens is 358 g/mol. The molecule has 0 unspecified atom stereocenters. The van der Waals surface area contributed by atoms with E-state index >= 15 is 0 Å². The molecule has 1 N–H and O–H groups in total. The maximum atomic E-state index is 12.7. The first kappa shape index (κ1) is 19.9. The highest BCUT2D eigenvalue weighted by Crippen LogP contribution is 2.45. The van der Waals surface area contributed by atoms with E-state index in [9.17, 15) is 9.90 Å². The van der Waals surface area contributed by atoms with Crippen molar-refractivity contribution in [3.8, 4) is 0 Å². The van der Waals surface area contributed by atoms with Crippen LogP contribution in [0.1, 0.15) is 75.1 Å². The fourth-order valence-corrected chi connectivity index (χ4v) is 5.11. The van der Waals surface area contributed by atoms with Crippen molar-refractivity contribution >= 4 is 5.78 Å². The molecule has 152 valence electrons. The molecule has 0 amide bonds. The number of aliphatic hydroxyl groups excluding tert-OH is 1. The zero-order valence-corrected chi connectivity index (χ0v) is 17.3. The molecular formula is C26H31NO2. The summed E-state index contributed by atoms with van der Waals surface area (Å²) < 4.78 is 0. The van der Waals surface area contributed by atoms with Gasteiger partial charge in [0.05, 0.1) is 6.04 Å². The maximum absolute atomic E-state index is 12.7. The summed E-state index contributed by atoms with van der Waals surface area (Å²) in [6.07, 6.45) is 5.92. The summed E-state index contributed by atoms with van der Waals surface area (Å²) in [5.41, 5.74) is 4.24. The molecule has 0 saturated heterocycles. The molecule has 4 rings (SSSR count). The molecule has 1 heterocycles. The van der Waals surface area contributed by atoms with Crippen LogP contribution in [0.5, 0.6) is 0 Å². The van der Waals surface area contributed by atoms with E-state index in [4.69, 9.17) is 0 Å². The highest BCUT2D eigenvalue weighted by molar-refractivity contribution is 5.97. The monoisotopic (exact) mass is 389 g/mol. The number of hydrogen-bond acceptors (Lipinski definition) is 3. The molecule has 2 aromatic carbocycles. The van der Waals surface area contributed by atoms with Gasteiger partial charge in [0, 0.05) is 23.7 Å². The highest BCUT2D eigenvalue weighted by atomic mass is 16.3. The van der Waals surface area contributed by atoms with Gasteiger partial charge in [-0.1, -0.05) is 74.0 Å². The van der Waals surface area contributed by atoms with Crippen LogP contribution in [-0.2, 0) is 4.79 Å². The molecule has 2 aliphatic rings. The van der Waals surface area contributed by atoms with Gasteiger partial charge >= 0.3 is 0 Å². The number of hydrogen-bond donors (Lipinski definition) is 1. The summed E-state index contributed by atoms with van der Waals surface area (Å²) in [6.45, 7) is 2.22. The Bertz CT molecular complexity index is 859. The topological polar surface area (TPSA) is 40.5 Å². The summed E-state index contributed by atoms with van der Waals surface area (Å²) >= 11 is 0. The Balaban J connectivity index is 1.84. The van der Waals surface area contributed by atoms with E-state index in [1.165, 1.54) is 5.70 Å². The van der Waals surface area contributed by atoms with Crippen LogP contribution < -0.4 is 0 Å². The Morgan fingerprint density at radius 2 is 1.62 bits per heavy atom. The van der Waals surface area contributed by atoms with Crippen LogP contribution in [0.2, 0.25) is 0 Å². The Kier molecular flexibility index (Phi) is 6.15. The average molecular weight is 390 g/mol. The molecule has 3 heteroatoms. The van der Waals surface area contributed by atoms with Crippen molar-refractivity contribution in [2.45, 2.75) is 70.1 Å². The normalized spacial score (nSPS) is 21.7. The standard InChI is InChI=1S/C26H31NO2/c1-2-10-21-17-18-22-23(15-9-16-24(22)28)27(21)25(19-11-5-3-6-12-19)26(29)20-13-7-4-8-14-20/h3-8,11-14,21,25-26,29H,2,9-10,15-18H2,1H3/t21-,25-,26+/m0/s1. The highest BCUT2D eigenvalue weighted by Gasteiger charge is 2.39.